The Hall–Kier alpha value is -1.98. The van der Waals surface area contributed by atoms with E-state index in [1.807, 2.05) is 6.92 Å². The number of ether oxygens (including phenoxy) is 1. The molecule has 1 aliphatic heterocycles. The standard InChI is InChI=1S/C19H18ClNO3S/c1-3-21(15-11-12(20)7-8-17(15)24-2)19(23)14-6-4-5-13-16(22)9-10-25-18(13)14/h4-8,11H,3,9-10H2,1-2H3. The summed E-state index contributed by atoms with van der Waals surface area (Å²) in [7, 11) is 1.56. The molecule has 0 aliphatic carbocycles. The summed E-state index contributed by atoms with van der Waals surface area (Å²) < 4.78 is 5.39. The van der Waals surface area contributed by atoms with E-state index in [4.69, 9.17) is 16.3 Å². The van der Waals surface area contributed by atoms with Crippen molar-refractivity contribution in [1.29, 1.82) is 0 Å². The first kappa shape index (κ1) is 17.8. The Balaban J connectivity index is 2.07. The Morgan fingerprint density at radius 1 is 1.32 bits per heavy atom. The van der Waals surface area contributed by atoms with Gasteiger partial charge in [-0.25, -0.2) is 0 Å². The van der Waals surface area contributed by atoms with Crippen LogP contribution in [-0.4, -0.2) is 31.1 Å². The zero-order valence-corrected chi connectivity index (χ0v) is 15.6. The van der Waals surface area contributed by atoms with Gasteiger partial charge >= 0.3 is 0 Å². The molecule has 0 aromatic heterocycles. The van der Waals surface area contributed by atoms with E-state index in [1.165, 1.54) is 0 Å². The Morgan fingerprint density at radius 3 is 2.84 bits per heavy atom. The average molecular weight is 376 g/mol. The van der Waals surface area contributed by atoms with Crippen LogP contribution in [0.25, 0.3) is 0 Å². The molecule has 2 aromatic carbocycles. The van der Waals surface area contributed by atoms with Crippen molar-refractivity contribution in [2.45, 2.75) is 18.2 Å². The van der Waals surface area contributed by atoms with Crippen molar-refractivity contribution in [3.63, 3.8) is 0 Å². The predicted molar refractivity (Wildman–Crippen MR) is 101 cm³/mol. The summed E-state index contributed by atoms with van der Waals surface area (Å²) in [5.74, 6) is 1.20. The maximum absolute atomic E-state index is 13.2. The molecule has 1 heterocycles. The summed E-state index contributed by atoms with van der Waals surface area (Å²) >= 11 is 7.68. The fourth-order valence-electron chi connectivity index (χ4n) is 2.90. The van der Waals surface area contributed by atoms with Gasteiger partial charge in [-0.1, -0.05) is 23.7 Å². The van der Waals surface area contributed by atoms with E-state index in [0.717, 1.165) is 4.90 Å². The number of amides is 1. The lowest BCUT2D eigenvalue weighted by molar-refractivity contribution is 0.0981. The molecule has 0 spiro atoms. The summed E-state index contributed by atoms with van der Waals surface area (Å²) in [5, 5.41) is 0.529. The van der Waals surface area contributed by atoms with E-state index in [1.54, 1.807) is 60.2 Å². The molecular formula is C19H18ClNO3S. The molecular weight excluding hydrogens is 358 g/mol. The first-order chi connectivity index (χ1) is 12.1. The molecule has 1 amide bonds. The van der Waals surface area contributed by atoms with Gasteiger partial charge < -0.3 is 9.64 Å². The van der Waals surface area contributed by atoms with Crippen molar-refractivity contribution in [2.75, 3.05) is 24.3 Å². The second-order valence-electron chi connectivity index (χ2n) is 5.57. The van der Waals surface area contributed by atoms with Crippen LogP contribution in [0.2, 0.25) is 5.02 Å². The number of Topliss-reactive ketones (excluding diaryl/α,β-unsaturated/α-hetero) is 1. The van der Waals surface area contributed by atoms with Crippen LogP contribution in [0.15, 0.2) is 41.3 Å². The number of methoxy groups -OCH3 is 1. The topological polar surface area (TPSA) is 46.6 Å². The van der Waals surface area contributed by atoms with Gasteiger partial charge in [0.1, 0.15) is 5.75 Å². The lowest BCUT2D eigenvalue weighted by atomic mass is 10.0. The number of anilines is 1. The predicted octanol–water partition coefficient (Wildman–Crippen LogP) is 4.69. The highest BCUT2D eigenvalue weighted by molar-refractivity contribution is 7.99. The SMILES string of the molecule is CCN(C(=O)c1cccc2c1SCCC2=O)c1cc(Cl)ccc1OC. The summed E-state index contributed by atoms with van der Waals surface area (Å²) in [6, 6.07) is 10.5. The van der Waals surface area contributed by atoms with E-state index in [0.29, 0.717) is 46.3 Å². The van der Waals surface area contributed by atoms with Crippen molar-refractivity contribution in [1.82, 2.24) is 0 Å². The number of thioether (sulfide) groups is 1. The fraction of sp³-hybridized carbons (Fsp3) is 0.263. The summed E-state index contributed by atoms with van der Waals surface area (Å²) in [4.78, 5) is 27.8. The van der Waals surface area contributed by atoms with E-state index >= 15 is 0 Å². The van der Waals surface area contributed by atoms with Crippen molar-refractivity contribution < 1.29 is 14.3 Å². The van der Waals surface area contributed by atoms with Gasteiger partial charge in [0.2, 0.25) is 0 Å². The minimum atomic E-state index is -0.165. The molecule has 0 saturated heterocycles. The largest absolute Gasteiger partial charge is 0.495 e. The minimum Gasteiger partial charge on any atom is -0.495 e. The third-order valence-electron chi connectivity index (χ3n) is 4.11. The number of rotatable bonds is 4. The number of carbonyl (C=O) groups excluding carboxylic acids is 2. The Labute approximate surface area is 156 Å². The molecule has 4 nitrogen and oxygen atoms in total. The molecule has 25 heavy (non-hydrogen) atoms. The van der Waals surface area contributed by atoms with Crippen LogP contribution in [0.4, 0.5) is 5.69 Å². The second kappa shape index (κ2) is 7.50. The lowest BCUT2D eigenvalue weighted by Gasteiger charge is -2.25. The van der Waals surface area contributed by atoms with Gasteiger partial charge in [0, 0.05) is 34.2 Å². The molecule has 2 aromatic rings. The number of hydrogen-bond donors (Lipinski definition) is 0. The number of hydrogen-bond acceptors (Lipinski definition) is 4. The molecule has 0 N–H and O–H groups in total. The van der Waals surface area contributed by atoms with Crippen LogP contribution in [0.5, 0.6) is 5.75 Å². The van der Waals surface area contributed by atoms with Crippen molar-refractivity contribution >= 4 is 40.7 Å². The highest BCUT2D eigenvalue weighted by atomic mass is 35.5. The van der Waals surface area contributed by atoms with E-state index < -0.39 is 0 Å². The number of ketones is 1. The second-order valence-corrected chi connectivity index (χ2v) is 7.11. The first-order valence-electron chi connectivity index (χ1n) is 8.01. The maximum Gasteiger partial charge on any atom is 0.259 e. The smallest absolute Gasteiger partial charge is 0.259 e. The number of fused-ring (bicyclic) bond motifs is 1. The van der Waals surface area contributed by atoms with E-state index in [9.17, 15) is 9.59 Å². The normalized spacial score (nSPS) is 13.3. The molecule has 130 valence electrons. The van der Waals surface area contributed by atoms with Gasteiger partial charge in [-0.3, -0.25) is 9.59 Å². The maximum atomic E-state index is 13.2. The van der Waals surface area contributed by atoms with Gasteiger partial charge in [0.15, 0.2) is 5.78 Å². The van der Waals surface area contributed by atoms with E-state index in [2.05, 4.69) is 0 Å². The molecule has 0 bridgehead atoms. The monoisotopic (exact) mass is 375 g/mol. The third kappa shape index (κ3) is 3.39. The zero-order chi connectivity index (χ0) is 18.0. The van der Waals surface area contributed by atoms with Crippen LogP contribution < -0.4 is 9.64 Å². The molecule has 0 saturated carbocycles. The highest BCUT2D eigenvalue weighted by Gasteiger charge is 2.27. The van der Waals surface area contributed by atoms with Gasteiger partial charge in [0.25, 0.3) is 5.91 Å². The van der Waals surface area contributed by atoms with Gasteiger partial charge in [-0.2, -0.15) is 0 Å². The molecule has 0 radical (unpaired) electrons. The number of benzene rings is 2. The van der Waals surface area contributed by atoms with Crippen molar-refractivity contribution in [2.24, 2.45) is 0 Å². The van der Waals surface area contributed by atoms with Crippen LogP contribution in [0.1, 0.15) is 34.1 Å². The first-order valence-corrected chi connectivity index (χ1v) is 9.37. The Kier molecular flexibility index (Phi) is 5.35. The average Bonchev–Trinajstić information content (AvgIpc) is 2.62. The molecule has 0 unspecified atom stereocenters. The summed E-state index contributed by atoms with van der Waals surface area (Å²) in [6.45, 7) is 2.35. The quantitative estimate of drug-likeness (QED) is 0.777. The molecule has 1 aliphatic rings. The molecule has 6 heteroatoms. The van der Waals surface area contributed by atoms with E-state index in [-0.39, 0.29) is 11.7 Å². The van der Waals surface area contributed by atoms with Crippen LogP contribution >= 0.6 is 23.4 Å². The molecule has 0 fully saturated rings. The third-order valence-corrected chi connectivity index (χ3v) is 5.49. The minimum absolute atomic E-state index is 0.0896. The van der Waals surface area contributed by atoms with Crippen LogP contribution in [0, 0.1) is 0 Å². The van der Waals surface area contributed by atoms with Gasteiger partial charge in [0.05, 0.1) is 18.4 Å². The lowest BCUT2D eigenvalue weighted by Crippen LogP contribution is -2.32. The number of halogens is 1. The molecule has 0 atom stereocenters. The van der Waals surface area contributed by atoms with Crippen molar-refractivity contribution in [3.8, 4) is 5.75 Å². The number of nitrogens with zero attached hydrogens (tertiary/aromatic N) is 1. The van der Waals surface area contributed by atoms with Crippen molar-refractivity contribution in [3.05, 3.63) is 52.5 Å². The van der Waals surface area contributed by atoms with Crippen LogP contribution in [-0.2, 0) is 0 Å². The fourth-order valence-corrected chi connectivity index (χ4v) is 4.21. The van der Waals surface area contributed by atoms with Gasteiger partial charge in [-0.15, -0.1) is 11.8 Å². The number of carbonyl (C=O) groups is 2. The Bertz CT molecular complexity index is 837. The Morgan fingerprint density at radius 2 is 2.12 bits per heavy atom. The highest BCUT2D eigenvalue weighted by Crippen LogP contribution is 2.36. The van der Waals surface area contributed by atoms with Gasteiger partial charge in [-0.05, 0) is 31.2 Å². The zero-order valence-electron chi connectivity index (χ0n) is 14.0. The molecule has 3 rings (SSSR count). The summed E-state index contributed by atoms with van der Waals surface area (Å²) in [6.07, 6.45) is 0.509. The summed E-state index contributed by atoms with van der Waals surface area (Å²) in [5.41, 5.74) is 1.79. The van der Waals surface area contributed by atoms with Crippen LogP contribution in [0.3, 0.4) is 0 Å².